The SMILES string of the molecule is CC(COc1ccc(Oc2ccccc2)cc1)OC1=NCCC=C1. The van der Waals surface area contributed by atoms with Crippen LogP contribution in [0.15, 0.2) is 71.7 Å². The molecule has 4 nitrogen and oxygen atoms in total. The Bertz CT molecular complexity index is 693. The second kappa shape index (κ2) is 8.20. The quantitative estimate of drug-likeness (QED) is 0.778. The van der Waals surface area contributed by atoms with Crippen LogP contribution >= 0.6 is 0 Å². The number of benzene rings is 2. The van der Waals surface area contributed by atoms with Crippen LogP contribution in [0, 0.1) is 0 Å². The Hall–Kier alpha value is -2.75. The first-order valence-electron chi connectivity index (χ1n) is 8.13. The molecule has 2 aromatic carbocycles. The monoisotopic (exact) mass is 323 g/mol. The van der Waals surface area contributed by atoms with E-state index in [4.69, 9.17) is 14.2 Å². The zero-order valence-electron chi connectivity index (χ0n) is 13.7. The molecule has 0 bridgehead atoms. The molecule has 0 radical (unpaired) electrons. The number of hydrogen-bond donors (Lipinski definition) is 0. The molecule has 1 heterocycles. The summed E-state index contributed by atoms with van der Waals surface area (Å²) in [5.74, 6) is 3.06. The largest absolute Gasteiger partial charge is 0.490 e. The highest BCUT2D eigenvalue weighted by molar-refractivity contribution is 5.88. The predicted molar refractivity (Wildman–Crippen MR) is 95.1 cm³/mol. The minimum Gasteiger partial charge on any atom is -0.490 e. The number of dihydropyridines is 1. The smallest absolute Gasteiger partial charge is 0.208 e. The lowest BCUT2D eigenvalue weighted by Crippen LogP contribution is -2.22. The zero-order valence-corrected chi connectivity index (χ0v) is 13.7. The summed E-state index contributed by atoms with van der Waals surface area (Å²) in [6.07, 6.45) is 4.90. The van der Waals surface area contributed by atoms with Crippen molar-refractivity contribution >= 4 is 5.90 Å². The highest BCUT2D eigenvalue weighted by atomic mass is 16.5. The molecule has 0 amide bonds. The van der Waals surface area contributed by atoms with Crippen molar-refractivity contribution in [3.63, 3.8) is 0 Å². The number of ether oxygens (including phenoxy) is 3. The van der Waals surface area contributed by atoms with E-state index in [0.717, 1.165) is 30.2 Å². The number of nitrogens with zero attached hydrogens (tertiary/aromatic N) is 1. The van der Waals surface area contributed by atoms with E-state index in [1.807, 2.05) is 67.6 Å². The van der Waals surface area contributed by atoms with Gasteiger partial charge in [0.2, 0.25) is 5.90 Å². The van der Waals surface area contributed by atoms with Crippen LogP contribution in [0.25, 0.3) is 0 Å². The van der Waals surface area contributed by atoms with E-state index in [9.17, 15) is 0 Å². The highest BCUT2D eigenvalue weighted by Gasteiger charge is 2.08. The van der Waals surface area contributed by atoms with Crippen LogP contribution < -0.4 is 9.47 Å². The minimum atomic E-state index is -0.0632. The van der Waals surface area contributed by atoms with Crippen molar-refractivity contribution in [3.05, 3.63) is 66.7 Å². The van der Waals surface area contributed by atoms with E-state index in [1.165, 1.54) is 0 Å². The van der Waals surface area contributed by atoms with Crippen LogP contribution in [0.1, 0.15) is 13.3 Å². The molecule has 124 valence electrons. The van der Waals surface area contributed by atoms with Gasteiger partial charge in [0.25, 0.3) is 0 Å². The molecule has 0 saturated heterocycles. The first kappa shape index (κ1) is 16.1. The zero-order chi connectivity index (χ0) is 16.6. The van der Waals surface area contributed by atoms with Gasteiger partial charge in [-0.05, 0) is 55.8 Å². The van der Waals surface area contributed by atoms with Gasteiger partial charge in [0.15, 0.2) is 0 Å². The van der Waals surface area contributed by atoms with Gasteiger partial charge in [-0.3, -0.25) is 4.99 Å². The number of para-hydroxylation sites is 1. The second-order valence-corrected chi connectivity index (χ2v) is 5.54. The maximum atomic E-state index is 5.76. The van der Waals surface area contributed by atoms with E-state index in [0.29, 0.717) is 12.5 Å². The minimum absolute atomic E-state index is 0.0632. The summed E-state index contributed by atoms with van der Waals surface area (Å²) < 4.78 is 17.2. The lowest BCUT2D eigenvalue weighted by atomic mass is 10.3. The van der Waals surface area contributed by atoms with Crippen molar-refractivity contribution in [3.8, 4) is 17.2 Å². The van der Waals surface area contributed by atoms with E-state index in [2.05, 4.69) is 11.1 Å². The summed E-state index contributed by atoms with van der Waals surface area (Å²) >= 11 is 0. The molecular formula is C20H21NO3. The molecule has 0 fully saturated rings. The molecule has 1 aliphatic heterocycles. The van der Waals surface area contributed by atoms with Crippen LogP contribution in [0.4, 0.5) is 0 Å². The Labute approximate surface area is 142 Å². The predicted octanol–water partition coefficient (Wildman–Crippen LogP) is 4.62. The summed E-state index contributed by atoms with van der Waals surface area (Å²) in [7, 11) is 0. The maximum Gasteiger partial charge on any atom is 0.208 e. The third-order valence-electron chi connectivity index (χ3n) is 3.43. The van der Waals surface area contributed by atoms with Crippen LogP contribution in [-0.2, 0) is 4.74 Å². The lowest BCUT2D eigenvalue weighted by Gasteiger charge is -2.16. The molecule has 1 atom stereocenters. The third-order valence-corrected chi connectivity index (χ3v) is 3.43. The average molecular weight is 323 g/mol. The van der Waals surface area contributed by atoms with Gasteiger partial charge in [-0.15, -0.1) is 0 Å². The van der Waals surface area contributed by atoms with Crippen LogP contribution in [0.2, 0.25) is 0 Å². The van der Waals surface area contributed by atoms with Gasteiger partial charge in [0, 0.05) is 6.54 Å². The molecule has 1 aliphatic rings. The number of aliphatic imine (C=N–C) groups is 1. The highest BCUT2D eigenvalue weighted by Crippen LogP contribution is 2.23. The van der Waals surface area contributed by atoms with Crippen LogP contribution in [-0.4, -0.2) is 25.2 Å². The topological polar surface area (TPSA) is 40.0 Å². The normalized spacial score (nSPS) is 14.6. The molecule has 2 aromatic rings. The van der Waals surface area contributed by atoms with Gasteiger partial charge in [0.05, 0.1) is 0 Å². The van der Waals surface area contributed by atoms with Crippen molar-refractivity contribution in [1.29, 1.82) is 0 Å². The summed E-state index contributed by atoms with van der Waals surface area (Å²) in [5, 5.41) is 0. The van der Waals surface area contributed by atoms with E-state index in [-0.39, 0.29) is 6.10 Å². The van der Waals surface area contributed by atoms with Crippen LogP contribution in [0.5, 0.6) is 17.2 Å². The summed E-state index contributed by atoms with van der Waals surface area (Å²) in [6, 6.07) is 17.3. The number of rotatable bonds is 6. The van der Waals surface area contributed by atoms with Gasteiger partial charge >= 0.3 is 0 Å². The van der Waals surface area contributed by atoms with Crippen molar-refractivity contribution < 1.29 is 14.2 Å². The van der Waals surface area contributed by atoms with Crippen molar-refractivity contribution in [2.75, 3.05) is 13.2 Å². The molecule has 4 heteroatoms. The molecule has 24 heavy (non-hydrogen) atoms. The fourth-order valence-corrected chi connectivity index (χ4v) is 2.24. The average Bonchev–Trinajstić information content (AvgIpc) is 2.63. The van der Waals surface area contributed by atoms with Crippen LogP contribution in [0.3, 0.4) is 0 Å². The van der Waals surface area contributed by atoms with Gasteiger partial charge in [-0.1, -0.05) is 24.3 Å². The van der Waals surface area contributed by atoms with E-state index in [1.54, 1.807) is 0 Å². The van der Waals surface area contributed by atoms with Crippen molar-refractivity contribution in [2.45, 2.75) is 19.4 Å². The standard InChI is InChI=1S/C20H21NO3/c1-16(23-20-9-5-6-14-21-20)15-22-17-10-12-19(13-11-17)24-18-7-3-2-4-8-18/h2-5,7-13,16H,6,14-15H2,1H3. The summed E-state index contributed by atoms with van der Waals surface area (Å²) in [5.41, 5.74) is 0. The first-order chi connectivity index (χ1) is 11.8. The van der Waals surface area contributed by atoms with Gasteiger partial charge in [0.1, 0.15) is 30.0 Å². The van der Waals surface area contributed by atoms with E-state index < -0.39 is 0 Å². The van der Waals surface area contributed by atoms with Gasteiger partial charge < -0.3 is 14.2 Å². The third kappa shape index (κ3) is 4.88. The van der Waals surface area contributed by atoms with Gasteiger partial charge in [-0.25, -0.2) is 0 Å². The summed E-state index contributed by atoms with van der Waals surface area (Å²) in [4.78, 5) is 4.31. The number of hydrogen-bond acceptors (Lipinski definition) is 4. The summed E-state index contributed by atoms with van der Waals surface area (Å²) in [6.45, 7) is 3.23. The molecular weight excluding hydrogens is 302 g/mol. The maximum absolute atomic E-state index is 5.76. The molecule has 0 aromatic heterocycles. The fraction of sp³-hybridized carbons (Fsp3) is 0.250. The molecule has 0 aliphatic carbocycles. The first-order valence-corrected chi connectivity index (χ1v) is 8.13. The lowest BCUT2D eigenvalue weighted by molar-refractivity contribution is 0.134. The van der Waals surface area contributed by atoms with Crippen molar-refractivity contribution in [1.82, 2.24) is 0 Å². The van der Waals surface area contributed by atoms with Gasteiger partial charge in [-0.2, -0.15) is 0 Å². The molecule has 0 spiro atoms. The Morgan fingerprint density at radius 1 is 0.958 bits per heavy atom. The Balaban J connectivity index is 1.47. The molecule has 0 saturated carbocycles. The Morgan fingerprint density at radius 3 is 2.38 bits per heavy atom. The Kier molecular flexibility index (Phi) is 5.51. The second-order valence-electron chi connectivity index (χ2n) is 5.54. The van der Waals surface area contributed by atoms with E-state index >= 15 is 0 Å². The fourth-order valence-electron chi connectivity index (χ4n) is 2.24. The van der Waals surface area contributed by atoms with Crippen molar-refractivity contribution in [2.24, 2.45) is 4.99 Å². The Morgan fingerprint density at radius 2 is 1.67 bits per heavy atom. The molecule has 3 rings (SSSR count). The molecule has 1 unspecified atom stereocenters. The molecule has 0 N–H and O–H groups in total.